The van der Waals surface area contributed by atoms with E-state index in [2.05, 4.69) is 265 Å². The highest BCUT2D eigenvalue weighted by Crippen LogP contribution is 2.45. The lowest BCUT2D eigenvalue weighted by Crippen LogP contribution is -2.16. The van der Waals surface area contributed by atoms with E-state index in [4.69, 9.17) is 0 Å². The van der Waals surface area contributed by atoms with Gasteiger partial charge in [-0.1, -0.05) is 188 Å². The molecule has 0 aliphatic heterocycles. The van der Waals surface area contributed by atoms with Gasteiger partial charge in [-0.25, -0.2) is 0 Å². The van der Waals surface area contributed by atoms with Crippen LogP contribution in [-0.2, 0) is 12.8 Å². The van der Waals surface area contributed by atoms with E-state index in [1.807, 2.05) is 0 Å². The molecule has 0 aromatic heterocycles. The van der Waals surface area contributed by atoms with Gasteiger partial charge in [0.05, 0.1) is 0 Å². The third-order valence-corrected chi connectivity index (χ3v) is 13.1. The van der Waals surface area contributed by atoms with Crippen molar-refractivity contribution in [2.75, 3.05) is 9.80 Å². The first-order valence-corrected chi connectivity index (χ1v) is 23.2. The highest BCUT2D eigenvalue weighted by atomic mass is 15.1. The van der Waals surface area contributed by atoms with Crippen molar-refractivity contribution in [1.29, 1.82) is 0 Å². The van der Waals surface area contributed by atoms with Gasteiger partial charge in [0, 0.05) is 34.1 Å². The Morgan fingerprint density at radius 3 is 0.818 bits per heavy atom. The number of hydrogen-bond acceptors (Lipinski definition) is 2. The third kappa shape index (κ3) is 8.33. The summed E-state index contributed by atoms with van der Waals surface area (Å²) in [5.41, 5.74) is 22.1. The summed E-state index contributed by atoms with van der Waals surface area (Å²) in [5, 5.41) is 0. The van der Waals surface area contributed by atoms with Crippen LogP contribution in [0.25, 0.3) is 55.6 Å². The average molecular weight is 847 g/mol. The molecule has 0 saturated heterocycles. The minimum Gasteiger partial charge on any atom is -0.311 e. The molecule has 0 fully saturated rings. The van der Waals surface area contributed by atoms with Crippen LogP contribution >= 0.6 is 0 Å². The topological polar surface area (TPSA) is 6.48 Å². The summed E-state index contributed by atoms with van der Waals surface area (Å²) in [6, 6.07) is 92.6. The Hall–Kier alpha value is -8.20. The molecule has 0 N–H and O–H groups in total. The zero-order valence-electron chi connectivity index (χ0n) is 37.0. The van der Waals surface area contributed by atoms with Gasteiger partial charge in [-0.3, -0.25) is 0 Å². The van der Waals surface area contributed by atoms with E-state index in [-0.39, 0.29) is 0 Å². The molecule has 66 heavy (non-hydrogen) atoms. The van der Waals surface area contributed by atoms with E-state index in [0.717, 1.165) is 41.3 Å². The molecule has 0 atom stereocenters. The Labute approximate surface area is 389 Å². The van der Waals surface area contributed by atoms with Crippen molar-refractivity contribution in [2.45, 2.75) is 25.7 Å². The molecular weight excluding hydrogens is 797 g/mol. The van der Waals surface area contributed by atoms with Crippen molar-refractivity contribution in [2.24, 2.45) is 0 Å². The molecule has 1 aliphatic rings. The number of anilines is 6. The van der Waals surface area contributed by atoms with Crippen LogP contribution in [0.3, 0.4) is 0 Å². The summed E-state index contributed by atoms with van der Waals surface area (Å²) < 4.78 is 0. The van der Waals surface area contributed by atoms with Crippen molar-refractivity contribution >= 4 is 34.1 Å². The second-order valence-corrected chi connectivity index (χ2v) is 17.2. The molecule has 11 rings (SSSR count). The lowest BCUT2D eigenvalue weighted by molar-refractivity contribution is 0.687. The largest absolute Gasteiger partial charge is 0.311 e. The van der Waals surface area contributed by atoms with Crippen LogP contribution in [0.1, 0.15) is 24.0 Å². The van der Waals surface area contributed by atoms with Gasteiger partial charge in [0.25, 0.3) is 0 Å². The van der Waals surface area contributed by atoms with E-state index in [1.165, 1.54) is 85.3 Å². The standard InChI is InChI=1S/C64H50N2/c1-5-15-47(16-6-1)51-25-35-56(36-26-51)65(57-37-27-52(28-38-57)48-17-7-2-8-18-48)58-43-33-55(34-44-58)61-45-46-64(63-24-14-13-23-62(61)63)66(59-39-29-53(30-40-59)49-19-9-3-10-20-49)60-41-31-54(32-42-60)50-21-11-4-12-22-50/h1-12,15-22,25-46H,13-14,23-24H2. The maximum absolute atomic E-state index is 2.48. The minimum atomic E-state index is 1.04. The highest BCUT2D eigenvalue weighted by molar-refractivity contribution is 5.86. The molecule has 0 radical (unpaired) electrons. The quantitative estimate of drug-likeness (QED) is 0.128. The Kier molecular flexibility index (Phi) is 11.4. The lowest BCUT2D eigenvalue weighted by Gasteiger charge is -2.32. The van der Waals surface area contributed by atoms with Crippen LogP contribution < -0.4 is 9.80 Å². The first-order chi connectivity index (χ1) is 32.7. The summed E-state index contributed by atoms with van der Waals surface area (Å²) in [7, 11) is 0. The maximum Gasteiger partial charge on any atom is 0.0496 e. The van der Waals surface area contributed by atoms with Gasteiger partial charge in [-0.2, -0.15) is 0 Å². The Morgan fingerprint density at radius 1 is 0.212 bits per heavy atom. The van der Waals surface area contributed by atoms with Crippen molar-refractivity contribution in [3.63, 3.8) is 0 Å². The fraction of sp³-hybridized carbons (Fsp3) is 0.0625. The molecule has 0 saturated carbocycles. The van der Waals surface area contributed by atoms with Gasteiger partial charge in [0.1, 0.15) is 0 Å². The van der Waals surface area contributed by atoms with Gasteiger partial charge >= 0.3 is 0 Å². The van der Waals surface area contributed by atoms with Gasteiger partial charge in [0.2, 0.25) is 0 Å². The number of nitrogens with zero attached hydrogens (tertiary/aromatic N) is 2. The van der Waals surface area contributed by atoms with Crippen LogP contribution in [0, 0.1) is 0 Å². The fourth-order valence-electron chi connectivity index (χ4n) is 9.73. The van der Waals surface area contributed by atoms with Crippen molar-refractivity contribution in [3.05, 3.63) is 266 Å². The molecule has 2 heteroatoms. The number of hydrogen-bond donors (Lipinski definition) is 0. The summed E-state index contributed by atoms with van der Waals surface area (Å²) in [5.74, 6) is 0. The molecule has 2 nitrogen and oxygen atoms in total. The molecule has 0 heterocycles. The van der Waals surface area contributed by atoms with Crippen LogP contribution in [-0.4, -0.2) is 0 Å². The molecular formula is C64H50N2. The normalized spacial score (nSPS) is 12.0. The molecule has 0 unspecified atom stereocenters. The lowest BCUT2D eigenvalue weighted by atomic mass is 9.84. The Bertz CT molecular complexity index is 3000. The summed E-state index contributed by atoms with van der Waals surface area (Å²) in [6.07, 6.45) is 4.46. The molecule has 0 bridgehead atoms. The second kappa shape index (κ2) is 18.5. The predicted octanol–water partition coefficient (Wildman–Crippen LogP) is 17.8. The summed E-state index contributed by atoms with van der Waals surface area (Å²) in [4.78, 5) is 4.85. The SMILES string of the molecule is c1ccc(-c2ccc(N(c3ccc(-c4ccccc4)cc3)c3ccc(-c4ccc(N(c5ccc(-c6ccccc6)cc5)c5ccc(-c6ccccc6)cc5)c5c4CCCC5)cc3)cc2)cc1. The van der Waals surface area contributed by atoms with E-state index >= 15 is 0 Å². The van der Waals surface area contributed by atoms with Crippen LogP contribution in [0.5, 0.6) is 0 Å². The highest BCUT2D eigenvalue weighted by Gasteiger charge is 2.24. The van der Waals surface area contributed by atoms with Gasteiger partial charge in [0.15, 0.2) is 0 Å². The maximum atomic E-state index is 2.48. The number of benzene rings is 10. The Morgan fingerprint density at radius 2 is 0.485 bits per heavy atom. The van der Waals surface area contributed by atoms with E-state index < -0.39 is 0 Å². The van der Waals surface area contributed by atoms with E-state index in [9.17, 15) is 0 Å². The molecule has 0 amide bonds. The number of rotatable bonds is 11. The van der Waals surface area contributed by atoms with Gasteiger partial charge in [-0.15, -0.1) is 0 Å². The Balaban J connectivity index is 0.964. The molecule has 1 aliphatic carbocycles. The third-order valence-electron chi connectivity index (χ3n) is 13.1. The molecule has 10 aromatic rings. The molecule has 10 aromatic carbocycles. The van der Waals surface area contributed by atoms with Gasteiger partial charge < -0.3 is 9.80 Å². The van der Waals surface area contributed by atoms with Crippen LogP contribution in [0.15, 0.2) is 255 Å². The van der Waals surface area contributed by atoms with Gasteiger partial charge in [-0.05, 0) is 159 Å². The first kappa shape index (κ1) is 40.6. The van der Waals surface area contributed by atoms with Crippen LogP contribution in [0.4, 0.5) is 34.1 Å². The average Bonchev–Trinajstić information content (AvgIpc) is 3.41. The fourth-order valence-corrected chi connectivity index (χ4v) is 9.73. The zero-order chi connectivity index (χ0) is 44.1. The molecule has 316 valence electrons. The molecule has 0 spiro atoms. The minimum absolute atomic E-state index is 1.04. The monoisotopic (exact) mass is 846 g/mol. The first-order valence-electron chi connectivity index (χ1n) is 23.2. The zero-order valence-corrected chi connectivity index (χ0v) is 37.0. The predicted molar refractivity (Wildman–Crippen MR) is 280 cm³/mol. The van der Waals surface area contributed by atoms with Crippen molar-refractivity contribution in [3.8, 4) is 55.6 Å². The van der Waals surface area contributed by atoms with Crippen LogP contribution in [0.2, 0.25) is 0 Å². The summed E-state index contributed by atoms with van der Waals surface area (Å²) in [6.45, 7) is 0. The second-order valence-electron chi connectivity index (χ2n) is 17.2. The van der Waals surface area contributed by atoms with Crippen molar-refractivity contribution in [1.82, 2.24) is 0 Å². The van der Waals surface area contributed by atoms with E-state index in [1.54, 1.807) is 0 Å². The van der Waals surface area contributed by atoms with E-state index in [0.29, 0.717) is 0 Å². The number of fused-ring (bicyclic) bond motifs is 1. The smallest absolute Gasteiger partial charge is 0.0496 e. The summed E-state index contributed by atoms with van der Waals surface area (Å²) >= 11 is 0. The van der Waals surface area contributed by atoms with Crippen molar-refractivity contribution < 1.29 is 0 Å².